The molecule has 112 valence electrons. The fraction of sp³-hybridized carbons (Fsp3) is 1.00. The quantitative estimate of drug-likeness (QED) is 0.700. The van der Waals surface area contributed by atoms with Crippen LogP contribution in [-0.4, -0.2) is 13.1 Å². The average Bonchev–Trinajstić information content (AvgIpc) is 2.49. The van der Waals surface area contributed by atoms with Crippen molar-refractivity contribution in [1.82, 2.24) is 5.32 Å². The van der Waals surface area contributed by atoms with Crippen molar-refractivity contribution in [3.8, 4) is 0 Å². The predicted molar refractivity (Wildman–Crippen MR) is 84.4 cm³/mol. The lowest BCUT2D eigenvalue weighted by molar-refractivity contribution is 0.165. The van der Waals surface area contributed by atoms with Crippen LogP contribution >= 0.6 is 0 Å². The highest BCUT2D eigenvalue weighted by Gasteiger charge is 2.30. The van der Waals surface area contributed by atoms with Crippen LogP contribution in [0.25, 0.3) is 0 Å². The molecule has 2 aliphatic rings. The summed E-state index contributed by atoms with van der Waals surface area (Å²) in [6.07, 6.45) is 17.7. The smallest absolute Gasteiger partial charge is 0.00950 e. The molecule has 2 rings (SSSR count). The van der Waals surface area contributed by atoms with Crippen LogP contribution in [0.4, 0.5) is 0 Å². The number of rotatable bonds is 6. The van der Waals surface area contributed by atoms with Gasteiger partial charge in [-0.05, 0) is 44.1 Å². The van der Waals surface area contributed by atoms with Gasteiger partial charge in [-0.2, -0.15) is 0 Å². The van der Waals surface area contributed by atoms with Gasteiger partial charge in [0.05, 0.1) is 0 Å². The second-order valence-electron chi connectivity index (χ2n) is 7.09. The van der Waals surface area contributed by atoms with Gasteiger partial charge in [0.1, 0.15) is 0 Å². The van der Waals surface area contributed by atoms with Crippen molar-refractivity contribution in [3.63, 3.8) is 0 Å². The van der Waals surface area contributed by atoms with E-state index in [0.29, 0.717) is 0 Å². The Morgan fingerprint density at radius 1 is 0.947 bits per heavy atom. The van der Waals surface area contributed by atoms with Crippen molar-refractivity contribution in [3.05, 3.63) is 0 Å². The molecule has 0 bridgehead atoms. The van der Waals surface area contributed by atoms with Crippen molar-refractivity contribution in [1.29, 1.82) is 0 Å². The van der Waals surface area contributed by atoms with Crippen LogP contribution in [0.15, 0.2) is 0 Å². The summed E-state index contributed by atoms with van der Waals surface area (Å²) in [5, 5.41) is 3.68. The van der Waals surface area contributed by atoms with Crippen molar-refractivity contribution < 1.29 is 0 Å². The topological polar surface area (TPSA) is 12.0 Å². The van der Waals surface area contributed by atoms with E-state index in [0.717, 1.165) is 23.8 Å². The van der Waals surface area contributed by atoms with Crippen LogP contribution < -0.4 is 5.32 Å². The molecule has 2 saturated carbocycles. The molecule has 1 N–H and O–H groups in total. The summed E-state index contributed by atoms with van der Waals surface area (Å²) in [7, 11) is 2.20. The lowest BCUT2D eigenvalue weighted by Gasteiger charge is -2.37. The second-order valence-corrected chi connectivity index (χ2v) is 7.09. The highest BCUT2D eigenvalue weighted by Crippen LogP contribution is 2.37. The molecular weight excluding hydrogens is 230 g/mol. The molecule has 3 atom stereocenters. The van der Waals surface area contributed by atoms with E-state index in [4.69, 9.17) is 0 Å². The Hall–Kier alpha value is -0.0400. The van der Waals surface area contributed by atoms with E-state index in [1.165, 1.54) is 77.0 Å². The van der Waals surface area contributed by atoms with Crippen molar-refractivity contribution in [2.75, 3.05) is 7.05 Å². The maximum absolute atomic E-state index is 3.68. The maximum atomic E-state index is 3.68. The van der Waals surface area contributed by atoms with Gasteiger partial charge in [0.15, 0.2) is 0 Å². The van der Waals surface area contributed by atoms with Gasteiger partial charge in [0.2, 0.25) is 0 Å². The molecule has 0 aromatic heterocycles. The first-order valence-electron chi connectivity index (χ1n) is 9.02. The summed E-state index contributed by atoms with van der Waals surface area (Å²) in [4.78, 5) is 0. The van der Waals surface area contributed by atoms with E-state index in [9.17, 15) is 0 Å². The van der Waals surface area contributed by atoms with Crippen molar-refractivity contribution >= 4 is 0 Å². The number of nitrogens with one attached hydrogen (secondary N) is 1. The van der Waals surface area contributed by atoms with E-state index in [-0.39, 0.29) is 0 Å². The van der Waals surface area contributed by atoms with Crippen LogP contribution in [0.1, 0.15) is 84.0 Å². The van der Waals surface area contributed by atoms with Crippen LogP contribution in [0, 0.1) is 17.8 Å². The molecule has 1 heteroatoms. The second kappa shape index (κ2) is 8.29. The molecule has 0 aliphatic heterocycles. The Labute approximate surface area is 120 Å². The van der Waals surface area contributed by atoms with E-state index in [2.05, 4.69) is 19.3 Å². The summed E-state index contributed by atoms with van der Waals surface area (Å²) < 4.78 is 0. The van der Waals surface area contributed by atoms with Crippen molar-refractivity contribution in [2.45, 2.75) is 90.0 Å². The Morgan fingerprint density at radius 2 is 1.63 bits per heavy atom. The molecule has 0 radical (unpaired) electrons. The van der Waals surface area contributed by atoms with E-state index < -0.39 is 0 Å². The normalized spacial score (nSPS) is 31.3. The third-order valence-electron chi connectivity index (χ3n) is 5.99. The lowest BCUT2D eigenvalue weighted by atomic mass is 9.72. The Balaban J connectivity index is 1.80. The average molecular weight is 265 g/mol. The van der Waals surface area contributed by atoms with Crippen LogP contribution in [-0.2, 0) is 0 Å². The zero-order valence-electron chi connectivity index (χ0n) is 13.3. The molecule has 0 spiro atoms. The van der Waals surface area contributed by atoms with Gasteiger partial charge in [0.25, 0.3) is 0 Å². The van der Waals surface area contributed by atoms with E-state index in [1.54, 1.807) is 0 Å². The Kier molecular flexibility index (Phi) is 6.70. The molecule has 0 heterocycles. The van der Waals surface area contributed by atoms with Gasteiger partial charge in [0, 0.05) is 6.04 Å². The van der Waals surface area contributed by atoms with E-state index in [1.807, 2.05) is 0 Å². The predicted octanol–water partition coefficient (Wildman–Crippen LogP) is 5.15. The zero-order chi connectivity index (χ0) is 13.5. The Bertz CT molecular complexity index is 232. The molecule has 3 unspecified atom stereocenters. The highest BCUT2D eigenvalue weighted by molar-refractivity contribution is 4.84. The fourth-order valence-corrected chi connectivity index (χ4v) is 4.74. The molecule has 0 amide bonds. The van der Waals surface area contributed by atoms with Gasteiger partial charge in [-0.25, -0.2) is 0 Å². The summed E-state index contributed by atoms with van der Waals surface area (Å²) in [6.45, 7) is 2.40. The molecule has 0 aromatic rings. The minimum Gasteiger partial charge on any atom is -0.317 e. The SMILES string of the molecule is CCC1CCCCC1C(CCC1CCCCC1)NC. The highest BCUT2D eigenvalue weighted by atomic mass is 14.9. The monoisotopic (exact) mass is 265 g/mol. The van der Waals surface area contributed by atoms with Gasteiger partial charge < -0.3 is 5.32 Å². The molecule has 2 fully saturated rings. The minimum atomic E-state index is 0.798. The standard InChI is InChI=1S/C18H35N/c1-3-16-11-7-8-12-17(16)18(19-2)14-13-15-9-5-4-6-10-15/h15-19H,3-14H2,1-2H3. The third kappa shape index (κ3) is 4.48. The first-order chi connectivity index (χ1) is 9.35. The van der Waals surface area contributed by atoms with Gasteiger partial charge >= 0.3 is 0 Å². The van der Waals surface area contributed by atoms with Crippen LogP contribution in [0.3, 0.4) is 0 Å². The van der Waals surface area contributed by atoms with Crippen LogP contribution in [0.2, 0.25) is 0 Å². The Morgan fingerprint density at radius 3 is 2.32 bits per heavy atom. The first kappa shape index (κ1) is 15.4. The van der Waals surface area contributed by atoms with Crippen LogP contribution in [0.5, 0.6) is 0 Å². The maximum Gasteiger partial charge on any atom is 0.00950 e. The lowest BCUT2D eigenvalue weighted by Crippen LogP contribution is -2.39. The molecular formula is C18H35N. The summed E-state index contributed by atoms with van der Waals surface area (Å²) in [6, 6.07) is 0.798. The molecule has 0 saturated heterocycles. The number of hydrogen-bond acceptors (Lipinski definition) is 1. The minimum absolute atomic E-state index is 0.798. The molecule has 0 aromatic carbocycles. The largest absolute Gasteiger partial charge is 0.317 e. The molecule has 2 aliphatic carbocycles. The molecule has 1 nitrogen and oxygen atoms in total. The number of hydrogen-bond donors (Lipinski definition) is 1. The first-order valence-corrected chi connectivity index (χ1v) is 9.02. The zero-order valence-corrected chi connectivity index (χ0v) is 13.3. The van der Waals surface area contributed by atoms with Crippen molar-refractivity contribution in [2.24, 2.45) is 17.8 Å². The summed E-state index contributed by atoms with van der Waals surface area (Å²) in [5.41, 5.74) is 0. The summed E-state index contributed by atoms with van der Waals surface area (Å²) >= 11 is 0. The summed E-state index contributed by atoms with van der Waals surface area (Å²) in [5.74, 6) is 3.01. The van der Waals surface area contributed by atoms with Gasteiger partial charge in [-0.3, -0.25) is 0 Å². The fourth-order valence-electron chi connectivity index (χ4n) is 4.74. The van der Waals surface area contributed by atoms with Gasteiger partial charge in [-0.1, -0.05) is 64.7 Å². The van der Waals surface area contributed by atoms with Gasteiger partial charge in [-0.15, -0.1) is 0 Å². The van der Waals surface area contributed by atoms with E-state index >= 15 is 0 Å². The molecule has 19 heavy (non-hydrogen) atoms. The third-order valence-corrected chi connectivity index (χ3v) is 5.99.